The van der Waals surface area contributed by atoms with Gasteiger partial charge in [0.05, 0.1) is 43.0 Å². The summed E-state index contributed by atoms with van der Waals surface area (Å²) in [7, 11) is 0. The van der Waals surface area contributed by atoms with Gasteiger partial charge in [0.15, 0.2) is 0 Å². The van der Waals surface area contributed by atoms with Gasteiger partial charge in [-0.1, -0.05) is 60.7 Å². The summed E-state index contributed by atoms with van der Waals surface area (Å²) in [5, 5.41) is 0. The molecule has 4 heterocycles. The number of ether oxygens (including phenoxy) is 8. The number of hydrogen-bond acceptors (Lipinski definition) is 8. The van der Waals surface area contributed by atoms with Crippen molar-refractivity contribution in [3.63, 3.8) is 0 Å². The molecule has 45 heavy (non-hydrogen) atoms. The van der Waals surface area contributed by atoms with E-state index in [4.69, 9.17) is 37.9 Å². The molecule has 0 bridgehead atoms. The zero-order chi connectivity index (χ0) is 29.8. The zero-order valence-electron chi connectivity index (χ0n) is 24.8. The first-order valence-electron chi connectivity index (χ1n) is 15.7. The van der Waals surface area contributed by atoms with E-state index in [0.29, 0.717) is 52.9 Å². The van der Waals surface area contributed by atoms with Crippen LogP contribution in [0.3, 0.4) is 0 Å². The van der Waals surface area contributed by atoms with Gasteiger partial charge in [0, 0.05) is 0 Å². The number of hydrogen-bond donors (Lipinski definition) is 0. The van der Waals surface area contributed by atoms with Crippen LogP contribution >= 0.6 is 0 Å². The van der Waals surface area contributed by atoms with Crippen molar-refractivity contribution in [2.45, 2.75) is 29.8 Å². The van der Waals surface area contributed by atoms with Crippen molar-refractivity contribution >= 4 is 0 Å². The summed E-state index contributed by atoms with van der Waals surface area (Å²) in [5.74, 6) is 2.90. The Morgan fingerprint density at radius 3 is 1.07 bits per heavy atom. The van der Waals surface area contributed by atoms with Crippen molar-refractivity contribution < 1.29 is 37.9 Å². The molecule has 5 aliphatic rings. The highest BCUT2D eigenvalue weighted by atomic mass is 16.6. The summed E-state index contributed by atoms with van der Waals surface area (Å²) in [6.07, 6.45) is 0.307. The van der Waals surface area contributed by atoms with Crippen molar-refractivity contribution in [1.29, 1.82) is 0 Å². The van der Waals surface area contributed by atoms with Crippen LogP contribution in [0.1, 0.15) is 22.3 Å². The number of fused-ring (bicyclic) bond motifs is 3. The Labute approximate surface area is 261 Å². The van der Waals surface area contributed by atoms with Crippen LogP contribution in [0.4, 0.5) is 0 Å². The lowest BCUT2D eigenvalue weighted by Crippen LogP contribution is -2.32. The van der Waals surface area contributed by atoms with Crippen LogP contribution in [0.15, 0.2) is 84.9 Å². The van der Waals surface area contributed by atoms with Crippen molar-refractivity contribution in [3.05, 3.63) is 107 Å². The minimum absolute atomic E-state index is 0.0768. The third-order valence-corrected chi connectivity index (χ3v) is 8.99. The van der Waals surface area contributed by atoms with E-state index in [1.165, 1.54) is 0 Å². The van der Waals surface area contributed by atoms with E-state index in [-0.39, 0.29) is 24.4 Å². The molecule has 0 N–H and O–H groups in total. The van der Waals surface area contributed by atoms with E-state index in [2.05, 4.69) is 48.5 Å². The maximum absolute atomic E-state index is 6.65. The first kappa shape index (κ1) is 27.2. The highest BCUT2D eigenvalue weighted by molar-refractivity contribution is 5.89. The van der Waals surface area contributed by atoms with Gasteiger partial charge < -0.3 is 37.9 Å². The van der Waals surface area contributed by atoms with Gasteiger partial charge in [-0.05, 0) is 46.5 Å². The molecule has 4 saturated heterocycles. The van der Waals surface area contributed by atoms with Crippen molar-refractivity contribution in [3.8, 4) is 34.1 Å². The van der Waals surface area contributed by atoms with Crippen LogP contribution in [0.5, 0.6) is 23.0 Å². The number of benzene rings is 4. The predicted molar refractivity (Wildman–Crippen MR) is 165 cm³/mol. The zero-order valence-corrected chi connectivity index (χ0v) is 24.8. The topological polar surface area (TPSA) is 87.0 Å². The molecule has 4 fully saturated rings. The second-order valence-corrected chi connectivity index (χ2v) is 12.2. The molecule has 230 valence electrons. The smallest absolute Gasteiger partial charge is 0.127 e. The molecule has 1 aliphatic carbocycles. The van der Waals surface area contributed by atoms with E-state index < -0.39 is 5.41 Å². The van der Waals surface area contributed by atoms with Crippen LogP contribution in [0.2, 0.25) is 0 Å². The van der Waals surface area contributed by atoms with Crippen molar-refractivity contribution in [2.24, 2.45) is 0 Å². The highest BCUT2D eigenvalue weighted by Gasteiger charge is 2.53. The average molecular weight is 607 g/mol. The van der Waals surface area contributed by atoms with Gasteiger partial charge in [0.2, 0.25) is 0 Å². The van der Waals surface area contributed by atoms with Gasteiger partial charge in [-0.2, -0.15) is 0 Å². The summed E-state index contributed by atoms with van der Waals surface area (Å²) in [4.78, 5) is 0. The summed E-state index contributed by atoms with van der Waals surface area (Å²) in [6.45, 7) is 4.57. The molecular weight excluding hydrogens is 572 g/mol. The summed E-state index contributed by atoms with van der Waals surface area (Å²) < 4.78 is 48.8. The Balaban J connectivity index is 1.34. The molecule has 4 atom stereocenters. The Morgan fingerprint density at radius 1 is 0.444 bits per heavy atom. The Morgan fingerprint density at radius 2 is 0.756 bits per heavy atom. The minimum Gasteiger partial charge on any atom is -0.490 e. The summed E-state index contributed by atoms with van der Waals surface area (Å²) in [5.41, 5.74) is 5.36. The molecule has 0 spiro atoms. The lowest BCUT2D eigenvalue weighted by molar-refractivity contribution is 0.239. The predicted octanol–water partition coefficient (Wildman–Crippen LogP) is 5.16. The van der Waals surface area contributed by atoms with Gasteiger partial charge >= 0.3 is 0 Å². The fourth-order valence-corrected chi connectivity index (χ4v) is 6.53. The fraction of sp³-hybridized carbons (Fsp3) is 0.351. The number of epoxide rings is 4. The van der Waals surface area contributed by atoms with Gasteiger partial charge in [0.25, 0.3) is 0 Å². The minimum atomic E-state index is -0.922. The molecular formula is C37H34O8. The molecule has 0 aromatic heterocycles. The molecule has 4 aromatic rings. The molecule has 9 rings (SSSR count). The third-order valence-electron chi connectivity index (χ3n) is 8.99. The van der Waals surface area contributed by atoms with Gasteiger partial charge in [-0.25, -0.2) is 0 Å². The molecule has 0 saturated carbocycles. The van der Waals surface area contributed by atoms with Crippen LogP contribution < -0.4 is 18.9 Å². The normalized spacial score (nSPS) is 24.3. The molecule has 4 aromatic carbocycles. The van der Waals surface area contributed by atoms with E-state index in [9.17, 15) is 0 Å². The quantitative estimate of drug-likeness (QED) is 0.160. The standard InChI is InChI=1S/C37H34O8/c1-3-9-29-27(7-1)28-8-2-4-10-30(28)37(29,35-31(42-19-23-15-38-23)11-5-12-32(35)43-20-24-16-39-24)36-33(44-21-25-17-40-25)13-6-14-34(36)45-22-26-18-41-26/h1-14,23-26H,15-22H2. The molecule has 4 unspecified atom stereocenters. The van der Waals surface area contributed by atoms with Crippen molar-refractivity contribution in [1.82, 2.24) is 0 Å². The summed E-state index contributed by atoms with van der Waals surface area (Å²) >= 11 is 0. The van der Waals surface area contributed by atoms with E-state index in [0.717, 1.165) is 56.4 Å². The third kappa shape index (κ3) is 5.12. The fourth-order valence-electron chi connectivity index (χ4n) is 6.53. The van der Waals surface area contributed by atoms with E-state index >= 15 is 0 Å². The summed E-state index contributed by atoms with van der Waals surface area (Å²) in [6, 6.07) is 29.3. The Bertz CT molecular complexity index is 1520. The van der Waals surface area contributed by atoms with Crippen LogP contribution in [0.25, 0.3) is 11.1 Å². The Kier molecular flexibility index (Phi) is 6.70. The molecule has 0 amide bonds. The molecule has 4 aliphatic heterocycles. The monoisotopic (exact) mass is 606 g/mol. The maximum Gasteiger partial charge on any atom is 0.127 e. The van der Waals surface area contributed by atoms with Crippen LogP contribution in [-0.4, -0.2) is 77.3 Å². The largest absolute Gasteiger partial charge is 0.490 e. The van der Waals surface area contributed by atoms with Gasteiger partial charge in [0.1, 0.15) is 73.8 Å². The van der Waals surface area contributed by atoms with E-state index in [1.54, 1.807) is 0 Å². The first-order valence-corrected chi connectivity index (χ1v) is 15.7. The second-order valence-electron chi connectivity index (χ2n) is 12.2. The van der Waals surface area contributed by atoms with Gasteiger partial charge in [-0.15, -0.1) is 0 Å². The first-order chi connectivity index (χ1) is 22.3. The lowest BCUT2D eigenvalue weighted by Gasteiger charge is -2.38. The van der Waals surface area contributed by atoms with Crippen LogP contribution in [0, 0.1) is 0 Å². The Hall–Kier alpha value is -4.08. The highest BCUT2D eigenvalue weighted by Crippen LogP contribution is 2.63. The van der Waals surface area contributed by atoms with Gasteiger partial charge in [-0.3, -0.25) is 0 Å². The van der Waals surface area contributed by atoms with E-state index in [1.807, 2.05) is 36.4 Å². The maximum atomic E-state index is 6.65. The molecule has 0 radical (unpaired) electrons. The van der Waals surface area contributed by atoms with Crippen molar-refractivity contribution in [2.75, 3.05) is 52.9 Å². The van der Waals surface area contributed by atoms with Crippen LogP contribution in [-0.2, 0) is 24.4 Å². The lowest BCUT2D eigenvalue weighted by atomic mass is 9.66. The second kappa shape index (κ2) is 11.1. The SMILES string of the molecule is c1cc(OCC2CO2)c(C2(c3c(OCC4CO4)cccc3OCC3CO3)c3ccccc3-c3ccccc32)c(OCC2CO2)c1. The number of rotatable bonds is 14. The molecule has 8 nitrogen and oxygen atoms in total. The molecule has 8 heteroatoms. The average Bonchev–Trinajstić information content (AvgIpc) is 3.88.